The second-order valence-electron chi connectivity index (χ2n) is 2.94. The minimum atomic E-state index is 0.440. The van der Waals surface area contributed by atoms with E-state index in [4.69, 9.17) is 21.7 Å². The monoisotopic (exact) mass is 211 g/mol. The summed E-state index contributed by atoms with van der Waals surface area (Å²) in [7, 11) is 5.30. The van der Waals surface area contributed by atoms with E-state index in [0.29, 0.717) is 10.9 Å². The largest absolute Gasteiger partial charge is 0.497 e. The number of benzene rings is 1. The topological polar surface area (TPSA) is 21.7 Å². The van der Waals surface area contributed by atoms with Gasteiger partial charge < -0.3 is 14.4 Å². The predicted octanol–water partition coefficient (Wildman–Crippen LogP) is 1.92. The number of nitrogens with zero attached hydrogens (tertiary/aromatic N) is 1. The summed E-state index contributed by atoms with van der Waals surface area (Å²) < 4.78 is 10.4. The van der Waals surface area contributed by atoms with Crippen LogP contribution in [0.2, 0.25) is 0 Å². The van der Waals surface area contributed by atoms with Crippen molar-refractivity contribution in [3.8, 4) is 11.5 Å². The van der Waals surface area contributed by atoms with E-state index in [0.717, 1.165) is 5.75 Å². The van der Waals surface area contributed by atoms with E-state index in [9.17, 15) is 0 Å². The molecule has 0 saturated heterocycles. The average Bonchev–Trinajstić information content (AvgIpc) is 2.19. The fraction of sp³-hybridized carbons (Fsp3) is 0.300. The Hall–Kier alpha value is -1.29. The van der Waals surface area contributed by atoms with E-state index >= 15 is 0 Å². The van der Waals surface area contributed by atoms with Gasteiger partial charge in [-0.3, -0.25) is 0 Å². The predicted molar refractivity (Wildman–Crippen MR) is 59.9 cm³/mol. The molecule has 0 aliphatic rings. The van der Waals surface area contributed by atoms with E-state index < -0.39 is 0 Å². The normalized spacial score (nSPS) is 9.36. The molecule has 0 aromatic heterocycles. The Morgan fingerprint density at radius 2 is 1.64 bits per heavy atom. The lowest BCUT2D eigenvalue weighted by Crippen LogP contribution is -2.24. The highest BCUT2D eigenvalue weighted by molar-refractivity contribution is 7.80. The van der Waals surface area contributed by atoms with Crippen molar-refractivity contribution in [1.82, 2.24) is 4.90 Å². The zero-order valence-corrected chi connectivity index (χ0v) is 9.30. The third kappa shape index (κ3) is 2.88. The lowest BCUT2D eigenvalue weighted by Gasteiger charge is -2.13. The molecular formula is C10H13NO2S. The molecule has 0 bridgehead atoms. The van der Waals surface area contributed by atoms with Crippen LogP contribution in [0.5, 0.6) is 11.5 Å². The van der Waals surface area contributed by atoms with Crippen molar-refractivity contribution in [1.29, 1.82) is 0 Å². The molecule has 0 atom stereocenters. The van der Waals surface area contributed by atoms with Crippen molar-refractivity contribution in [3.63, 3.8) is 0 Å². The summed E-state index contributed by atoms with van der Waals surface area (Å²) in [6.45, 7) is 0. The Labute approximate surface area is 89.2 Å². The average molecular weight is 211 g/mol. The van der Waals surface area contributed by atoms with Gasteiger partial charge in [0, 0.05) is 14.1 Å². The Morgan fingerprint density at radius 3 is 2.07 bits per heavy atom. The smallest absolute Gasteiger partial charge is 0.264 e. The second kappa shape index (κ2) is 4.81. The molecule has 14 heavy (non-hydrogen) atoms. The second-order valence-corrected chi connectivity index (χ2v) is 3.29. The molecule has 0 spiro atoms. The molecule has 0 unspecified atom stereocenters. The molecule has 3 nitrogen and oxygen atoms in total. The Bertz CT molecular complexity index is 308. The highest BCUT2D eigenvalue weighted by Crippen LogP contribution is 2.17. The number of hydrogen-bond donors (Lipinski definition) is 0. The summed E-state index contributed by atoms with van der Waals surface area (Å²) in [6.07, 6.45) is 0. The van der Waals surface area contributed by atoms with Crippen LogP contribution < -0.4 is 9.47 Å². The summed E-state index contributed by atoms with van der Waals surface area (Å²) >= 11 is 4.99. The van der Waals surface area contributed by atoms with Crippen molar-refractivity contribution in [2.75, 3.05) is 21.2 Å². The van der Waals surface area contributed by atoms with Crippen molar-refractivity contribution >= 4 is 17.4 Å². The van der Waals surface area contributed by atoms with E-state index in [2.05, 4.69) is 0 Å². The molecule has 1 rings (SSSR count). The Morgan fingerprint density at radius 1 is 1.14 bits per heavy atom. The minimum Gasteiger partial charge on any atom is -0.497 e. The maximum atomic E-state index is 5.38. The first kappa shape index (κ1) is 10.8. The summed E-state index contributed by atoms with van der Waals surface area (Å²) in [4.78, 5) is 1.74. The van der Waals surface area contributed by atoms with Crippen LogP contribution in [0, 0.1) is 0 Å². The van der Waals surface area contributed by atoms with E-state index in [1.54, 1.807) is 12.0 Å². The maximum Gasteiger partial charge on any atom is 0.264 e. The molecule has 76 valence electrons. The highest BCUT2D eigenvalue weighted by atomic mass is 32.1. The molecule has 0 amide bonds. The van der Waals surface area contributed by atoms with Gasteiger partial charge in [-0.15, -0.1) is 0 Å². The minimum absolute atomic E-state index is 0.440. The van der Waals surface area contributed by atoms with E-state index in [-0.39, 0.29) is 0 Å². The summed E-state index contributed by atoms with van der Waals surface area (Å²) in [5.41, 5.74) is 0. The van der Waals surface area contributed by atoms with Gasteiger partial charge in [0.05, 0.1) is 7.11 Å². The van der Waals surface area contributed by atoms with Crippen LogP contribution in [0.15, 0.2) is 24.3 Å². The summed E-state index contributed by atoms with van der Waals surface area (Å²) in [5, 5.41) is 0.440. The first-order valence-electron chi connectivity index (χ1n) is 4.16. The van der Waals surface area contributed by atoms with Gasteiger partial charge in [-0.1, -0.05) is 0 Å². The lowest BCUT2D eigenvalue weighted by molar-refractivity contribution is 0.412. The van der Waals surface area contributed by atoms with Gasteiger partial charge in [-0.25, -0.2) is 0 Å². The third-order valence-electron chi connectivity index (χ3n) is 1.63. The van der Waals surface area contributed by atoms with Gasteiger partial charge in [0.15, 0.2) is 0 Å². The standard InChI is InChI=1S/C10H13NO2S/c1-11(2)10(14)13-9-6-4-8(12-3)5-7-9/h4-7H,1-3H3. The highest BCUT2D eigenvalue weighted by Gasteiger charge is 2.01. The van der Waals surface area contributed by atoms with Gasteiger partial charge in [0.2, 0.25) is 0 Å². The molecule has 0 N–H and O–H groups in total. The molecule has 1 aromatic carbocycles. The van der Waals surface area contributed by atoms with Gasteiger partial charge in [-0.05, 0) is 36.5 Å². The first-order chi connectivity index (χ1) is 6.63. The van der Waals surface area contributed by atoms with Gasteiger partial charge >= 0.3 is 0 Å². The van der Waals surface area contributed by atoms with Gasteiger partial charge in [0.25, 0.3) is 5.17 Å². The summed E-state index contributed by atoms with van der Waals surface area (Å²) in [5.74, 6) is 1.51. The van der Waals surface area contributed by atoms with Crippen LogP contribution in [-0.4, -0.2) is 31.3 Å². The van der Waals surface area contributed by atoms with Crippen LogP contribution in [0.1, 0.15) is 0 Å². The number of thiocarbonyl (C=S) groups is 1. The molecular weight excluding hydrogens is 198 g/mol. The molecule has 0 radical (unpaired) electrons. The molecule has 0 saturated carbocycles. The zero-order valence-electron chi connectivity index (χ0n) is 8.48. The van der Waals surface area contributed by atoms with Crippen molar-refractivity contribution < 1.29 is 9.47 Å². The van der Waals surface area contributed by atoms with E-state index in [1.807, 2.05) is 38.4 Å². The first-order valence-corrected chi connectivity index (χ1v) is 4.57. The Kier molecular flexibility index (Phi) is 3.71. The van der Waals surface area contributed by atoms with Crippen LogP contribution in [0.25, 0.3) is 0 Å². The van der Waals surface area contributed by atoms with Crippen LogP contribution in [0.3, 0.4) is 0 Å². The van der Waals surface area contributed by atoms with E-state index in [1.165, 1.54) is 0 Å². The molecule has 0 fully saturated rings. The van der Waals surface area contributed by atoms with Gasteiger partial charge in [-0.2, -0.15) is 0 Å². The number of hydrogen-bond acceptors (Lipinski definition) is 3. The van der Waals surface area contributed by atoms with Crippen LogP contribution in [-0.2, 0) is 0 Å². The van der Waals surface area contributed by atoms with Crippen molar-refractivity contribution in [3.05, 3.63) is 24.3 Å². The van der Waals surface area contributed by atoms with Crippen molar-refractivity contribution in [2.24, 2.45) is 0 Å². The third-order valence-corrected chi connectivity index (χ3v) is 2.08. The van der Waals surface area contributed by atoms with Gasteiger partial charge in [0.1, 0.15) is 11.5 Å². The molecule has 0 aliphatic carbocycles. The number of rotatable bonds is 2. The molecule has 0 aliphatic heterocycles. The fourth-order valence-corrected chi connectivity index (χ4v) is 0.932. The zero-order chi connectivity index (χ0) is 10.6. The lowest BCUT2D eigenvalue weighted by atomic mass is 10.3. The molecule has 4 heteroatoms. The van der Waals surface area contributed by atoms with Crippen LogP contribution >= 0.6 is 12.2 Å². The summed E-state index contributed by atoms with van der Waals surface area (Å²) in [6, 6.07) is 7.28. The van der Waals surface area contributed by atoms with Crippen LogP contribution in [0.4, 0.5) is 0 Å². The number of ether oxygens (including phenoxy) is 2. The molecule has 0 heterocycles. The fourth-order valence-electron chi connectivity index (χ4n) is 0.836. The quantitative estimate of drug-likeness (QED) is 0.697. The van der Waals surface area contributed by atoms with Crippen molar-refractivity contribution in [2.45, 2.75) is 0 Å². The molecule has 1 aromatic rings. The maximum absolute atomic E-state index is 5.38. The Balaban J connectivity index is 2.64. The number of methoxy groups -OCH3 is 1. The SMILES string of the molecule is COc1ccc(OC(=S)N(C)C)cc1.